The van der Waals surface area contributed by atoms with Crippen molar-refractivity contribution in [1.29, 1.82) is 0 Å². The summed E-state index contributed by atoms with van der Waals surface area (Å²) in [7, 11) is -5.90. The highest BCUT2D eigenvalue weighted by Crippen LogP contribution is 2.51. The number of hydrogen-bond donors (Lipinski definition) is 0. The van der Waals surface area contributed by atoms with Gasteiger partial charge in [-0.15, -0.1) is 0 Å². The van der Waals surface area contributed by atoms with E-state index >= 15 is 4.39 Å². The van der Waals surface area contributed by atoms with Gasteiger partial charge in [-0.05, 0) is 17.7 Å². The molecule has 2 fully saturated rings. The fourth-order valence-electron chi connectivity index (χ4n) is 4.80. The maximum Gasteiger partial charge on any atom is 0.326 e. The predicted molar refractivity (Wildman–Crippen MR) is 131 cm³/mol. The highest BCUT2D eigenvalue weighted by atomic mass is 32.2. The van der Waals surface area contributed by atoms with E-state index in [1.165, 1.54) is 23.7 Å². The van der Waals surface area contributed by atoms with Gasteiger partial charge in [0.1, 0.15) is 5.82 Å². The molecule has 0 bridgehead atoms. The Bertz CT molecular complexity index is 1410. The summed E-state index contributed by atoms with van der Waals surface area (Å²) in [5.41, 5.74) is 1.81. The van der Waals surface area contributed by atoms with Gasteiger partial charge in [-0.1, -0.05) is 24.3 Å². The number of nitrogens with zero attached hydrogens (tertiary/aromatic N) is 4. The molecule has 196 valence electrons. The molecule has 5 rings (SSSR count). The first kappa shape index (κ1) is 25.3. The zero-order valence-corrected chi connectivity index (χ0v) is 21.5. The van der Waals surface area contributed by atoms with Crippen LogP contribution in [0.4, 0.5) is 24.5 Å². The topological polar surface area (TPSA) is 81.2 Å². The monoisotopic (exact) mass is 544 g/mol. The summed E-state index contributed by atoms with van der Waals surface area (Å²) >= 11 is 0. The molecule has 0 amide bonds. The largest absolute Gasteiger partial charge is 0.326 e. The summed E-state index contributed by atoms with van der Waals surface area (Å²) in [5.74, 6) is -4.31. The van der Waals surface area contributed by atoms with Crippen molar-refractivity contribution < 1.29 is 30.0 Å². The van der Waals surface area contributed by atoms with Gasteiger partial charge in [0, 0.05) is 69.8 Å². The van der Waals surface area contributed by atoms with Gasteiger partial charge in [0.05, 0.1) is 17.6 Å². The highest BCUT2D eigenvalue weighted by molar-refractivity contribution is 7.94. The molecular formula is C23H27F3N4O4S2. The van der Waals surface area contributed by atoms with E-state index < -0.39 is 37.9 Å². The zero-order valence-electron chi connectivity index (χ0n) is 19.9. The fourth-order valence-corrected chi connectivity index (χ4v) is 7.08. The first-order valence-corrected chi connectivity index (χ1v) is 14.8. The molecule has 1 atom stereocenters. The zero-order chi connectivity index (χ0) is 26.0. The minimum atomic E-state index is -4.00. The molecule has 0 N–H and O–H groups in total. The third kappa shape index (κ3) is 4.46. The predicted octanol–water partition coefficient (Wildman–Crippen LogP) is 2.73. The maximum atomic E-state index is 15.6. The van der Waals surface area contributed by atoms with E-state index in [9.17, 15) is 25.6 Å². The average molecular weight is 545 g/mol. The van der Waals surface area contributed by atoms with E-state index in [1.807, 2.05) is 4.90 Å². The second-order valence-electron chi connectivity index (χ2n) is 9.59. The van der Waals surface area contributed by atoms with Crippen LogP contribution in [0.1, 0.15) is 12.0 Å². The molecule has 8 nitrogen and oxygen atoms in total. The molecule has 1 saturated carbocycles. The van der Waals surface area contributed by atoms with Crippen LogP contribution < -0.4 is 8.61 Å². The van der Waals surface area contributed by atoms with Crippen LogP contribution >= 0.6 is 0 Å². The minimum absolute atomic E-state index is 0.294. The van der Waals surface area contributed by atoms with Crippen LogP contribution in [0.15, 0.2) is 36.4 Å². The van der Waals surface area contributed by atoms with Crippen molar-refractivity contribution in [2.75, 3.05) is 54.6 Å². The Labute approximate surface area is 209 Å². The van der Waals surface area contributed by atoms with Gasteiger partial charge >= 0.3 is 10.2 Å². The first-order chi connectivity index (χ1) is 16.8. The van der Waals surface area contributed by atoms with Gasteiger partial charge in [0.25, 0.3) is 5.92 Å². The maximum absolute atomic E-state index is 15.6. The lowest BCUT2D eigenvalue weighted by molar-refractivity contribution is 0.101. The summed E-state index contributed by atoms with van der Waals surface area (Å²) in [5, 5.41) is 0. The second-order valence-corrected chi connectivity index (χ2v) is 13.5. The lowest BCUT2D eigenvalue weighted by Crippen LogP contribution is -2.47. The average Bonchev–Trinajstić information content (AvgIpc) is 3.37. The van der Waals surface area contributed by atoms with Crippen molar-refractivity contribution in [3.63, 3.8) is 0 Å². The molecule has 0 radical (unpaired) electrons. The third-order valence-electron chi connectivity index (χ3n) is 7.13. The van der Waals surface area contributed by atoms with Crippen molar-refractivity contribution >= 4 is 31.6 Å². The normalized spacial score (nSPS) is 23.6. The fraction of sp³-hybridized carbons (Fsp3) is 0.478. The Hall–Kier alpha value is -2.35. The summed E-state index contributed by atoms with van der Waals surface area (Å²) < 4.78 is 95.2. The number of halogens is 3. The van der Waals surface area contributed by atoms with Crippen LogP contribution in [0.5, 0.6) is 0 Å². The van der Waals surface area contributed by atoms with Crippen molar-refractivity contribution in [2.24, 2.45) is 5.92 Å². The number of piperazine rings is 1. The molecular weight excluding hydrogens is 517 g/mol. The Morgan fingerprint density at radius 2 is 1.72 bits per heavy atom. The van der Waals surface area contributed by atoms with E-state index in [-0.39, 0.29) is 13.0 Å². The molecule has 1 aliphatic carbocycles. The van der Waals surface area contributed by atoms with Crippen molar-refractivity contribution in [3.8, 4) is 11.1 Å². The van der Waals surface area contributed by atoms with Crippen LogP contribution in [-0.4, -0.2) is 78.0 Å². The van der Waals surface area contributed by atoms with Crippen LogP contribution in [-0.2, 0) is 26.8 Å². The number of anilines is 2. The first-order valence-electron chi connectivity index (χ1n) is 11.5. The second kappa shape index (κ2) is 8.61. The minimum Gasteiger partial charge on any atom is -0.296 e. The molecule has 2 aromatic carbocycles. The SMILES string of the molecule is CN1c2cc(-c3cccc(CN4CCN(S(C)(=O)=O)CC4)c3F)ccc2N(CC2CC2(F)F)S1(=O)=O. The molecule has 2 heterocycles. The van der Waals surface area contributed by atoms with Gasteiger partial charge in [-0.3, -0.25) is 13.5 Å². The van der Waals surface area contributed by atoms with Crippen molar-refractivity contribution in [3.05, 3.63) is 47.8 Å². The summed E-state index contributed by atoms with van der Waals surface area (Å²) in [6.45, 7) is 1.65. The van der Waals surface area contributed by atoms with Crippen LogP contribution in [0.2, 0.25) is 0 Å². The Balaban J connectivity index is 1.38. The number of sulfonamides is 1. The Morgan fingerprint density at radius 3 is 2.33 bits per heavy atom. The number of alkyl halides is 2. The number of fused-ring (bicyclic) bond motifs is 1. The highest BCUT2D eigenvalue weighted by Gasteiger charge is 2.59. The number of rotatable bonds is 6. The third-order valence-corrected chi connectivity index (χ3v) is 10.2. The van der Waals surface area contributed by atoms with E-state index in [4.69, 9.17) is 0 Å². The molecule has 2 aromatic rings. The van der Waals surface area contributed by atoms with Gasteiger partial charge in [-0.2, -0.15) is 12.7 Å². The molecule has 2 aliphatic heterocycles. The van der Waals surface area contributed by atoms with Crippen molar-refractivity contribution in [2.45, 2.75) is 18.9 Å². The van der Waals surface area contributed by atoms with Gasteiger partial charge in [0.2, 0.25) is 10.0 Å². The number of benzene rings is 2. The van der Waals surface area contributed by atoms with Gasteiger partial charge in [-0.25, -0.2) is 21.6 Å². The summed E-state index contributed by atoms with van der Waals surface area (Å²) in [6, 6.07) is 9.68. The van der Waals surface area contributed by atoms with Crippen LogP contribution in [0.25, 0.3) is 11.1 Å². The van der Waals surface area contributed by atoms with Crippen LogP contribution in [0.3, 0.4) is 0 Å². The number of hydrogen-bond acceptors (Lipinski definition) is 5. The molecule has 0 aromatic heterocycles. The van der Waals surface area contributed by atoms with E-state index in [1.54, 1.807) is 30.3 Å². The smallest absolute Gasteiger partial charge is 0.296 e. The summed E-state index contributed by atoms with van der Waals surface area (Å²) in [6.07, 6.45) is 0.836. The quantitative estimate of drug-likeness (QED) is 0.559. The van der Waals surface area contributed by atoms with E-state index in [2.05, 4.69) is 0 Å². The van der Waals surface area contributed by atoms with Gasteiger partial charge < -0.3 is 0 Å². The molecule has 13 heteroatoms. The standard InChI is InChI=1S/C23H27F3N4O4S2/c1-27-21-12-16(6-7-20(21)30(36(27,33)34)15-18-13-23(18,25)26)19-5-3-4-17(22(19)24)14-28-8-10-29(11-9-28)35(2,31)32/h3-7,12,18H,8-11,13-15H2,1-2H3. The van der Waals surface area contributed by atoms with Gasteiger partial charge in [0.15, 0.2) is 0 Å². The Morgan fingerprint density at radius 1 is 1.06 bits per heavy atom. The molecule has 3 aliphatic rings. The Kier molecular flexibility index (Phi) is 6.05. The van der Waals surface area contributed by atoms with E-state index in [0.29, 0.717) is 60.8 Å². The molecule has 36 heavy (non-hydrogen) atoms. The lowest BCUT2D eigenvalue weighted by Gasteiger charge is -2.33. The molecule has 1 unspecified atom stereocenters. The van der Waals surface area contributed by atoms with E-state index in [0.717, 1.165) is 8.61 Å². The molecule has 0 spiro atoms. The molecule has 1 saturated heterocycles. The summed E-state index contributed by atoms with van der Waals surface area (Å²) in [4.78, 5) is 1.98. The van der Waals surface area contributed by atoms with Crippen LogP contribution in [0, 0.1) is 11.7 Å². The van der Waals surface area contributed by atoms with Crippen molar-refractivity contribution in [1.82, 2.24) is 9.21 Å². The lowest BCUT2D eigenvalue weighted by atomic mass is 10.0.